The van der Waals surface area contributed by atoms with Crippen LogP contribution >= 0.6 is 23.2 Å². The Hall–Kier alpha value is -1.32. The lowest BCUT2D eigenvalue weighted by atomic mass is 10.0. The molecule has 0 aliphatic heterocycles. The molecular weight excluding hydrogens is 263 g/mol. The molecule has 0 amide bonds. The third-order valence-electron chi connectivity index (χ3n) is 2.11. The van der Waals surface area contributed by atoms with E-state index in [0.29, 0.717) is 15.6 Å². The van der Waals surface area contributed by atoms with Crippen LogP contribution in [0.3, 0.4) is 0 Å². The Labute approximate surface area is 109 Å². The standard InChI is InChI=1S/C12H10Cl2O3/c1-7(15)8(6-12(16)17)5-9-10(13)3-2-4-11(9)14/h2-5H,6H2,1H3,(H,16,17)/b8-5+. The van der Waals surface area contributed by atoms with Gasteiger partial charge in [0, 0.05) is 21.2 Å². The molecule has 1 aromatic carbocycles. The molecule has 90 valence electrons. The van der Waals surface area contributed by atoms with Crippen molar-refractivity contribution in [2.75, 3.05) is 0 Å². The minimum atomic E-state index is -1.07. The van der Waals surface area contributed by atoms with Crippen LogP contribution in [0.4, 0.5) is 0 Å². The molecule has 0 fully saturated rings. The Morgan fingerprint density at radius 1 is 1.29 bits per heavy atom. The molecule has 0 unspecified atom stereocenters. The Kier molecular flexibility index (Phi) is 4.73. The zero-order valence-corrected chi connectivity index (χ0v) is 10.5. The minimum absolute atomic E-state index is 0.160. The van der Waals surface area contributed by atoms with Crippen LogP contribution in [0.15, 0.2) is 23.8 Å². The van der Waals surface area contributed by atoms with E-state index in [9.17, 15) is 9.59 Å². The molecular formula is C12H10Cl2O3. The molecule has 1 N–H and O–H groups in total. The molecule has 0 aromatic heterocycles. The fourth-order valence-electron chi connectivity index (χ4n) is 1.26. The number of carboxylic acid groups (broad SMARTS) is 1. The summed E-state index contributed by atoms with van der Waals surface area (Å²) in [5, 5.41) is 9.44. The smallest absolute Gasteiger partial charge is 0.307 e. The highest BCUT2D eigenvalue weighted by Crippen LogP contribution is 2.27. The topological polar surface area (TPSA) is 54.4 Å². The van der Waals surface area contributed by atoms with E-state index < -0.39 is 5.97 Å². The Morgan fingerprint density at radius 3 is 2.24 bits per heavy atom. The molecule has 0 saturated heterocycles. The Morgan fingerprint density at radius 2 is 1.82 bits per heavy atom. The maximum Gasteiger partial charge on any atom is 0.307 e. The van der Waals surface area contributed by atoms with Gasteiger partial charge in [-0.25, -0.2) is 0 Å². The molecule has 1 aromatic rings. The van der Waals surface area contributed by atoms with Crippen molar-refractivity contribution in [3.05, 3.63) is 39.4 Å². The molecule has 1 rings (SSSR count). The average molecular weight is 273 g/mol. The maximum atomic E-state index is 11.3. The number of carbonyl (C=O) groups excluding carboxylic acids is 1. The van der Waals surface area contributed by atoms with Gasteiger partial charge in [-0.15, -0.1) is 0 Å². The van der Waals surface area contributed by atoms with Crippen molar-refractivity contribution in [2.24, 2.45) is 0 Å². The number of carboxylic acids is 1. The van der Waals surface area contributed by atoms with Crippen LogP contribution in [0.1, 0.15) is 18.9 Å². The summed E-state index contributed by atoms with van der Waals surface area (Å²) in [6, 6.07) is 4.92. The van der Waals surface area contributed by atoms with Gasteiger partial charge in [0.2, 0.25) is 0 Å². The molecule has 3 nitrogen and oxygen atoms in total. The number of ketones is 1. The van der Waals surface area contributed by atoms with Gasteiger partial charge in [0.1, 0.15) is 0 Å². The lowest BCUT2D eigenvalue weighted by Crippen LogP contribution is -2.04. The fourth-order valence-corrected chi connectivity index (χ4v) is 1.77. The van der Waals surface area contributed by atoms with E-state index in [1.807, 2.05) is 0 Å². The summed E-state index contributed by atoms with van der Waals surface area (Å²) in [7, 11) is 0. The Balaban J connectivity index is 3.21. The van der Waals surface area contributed by atoms with E-state index in [1.54, 1.807) is 18.2 Å². The molecule has 0 radical (unpaired) electrons. The van der Waals surface area contributed by atoms with Crippen molar-refractivity contribution in [1.29, 1.82) is 0 Å². The van der Waals surface area contributed by atoms with Crippen molar-refractivity contribution in [3.63, 3.8) is 0 Å². The molecule has 17 heavy (non-hydrogen) atoms. The van der Waals surface area contributed by atoms with E-state index in [0.717, 1.165) is 0 Å². The number of hydrogen-bond acceptors (Lipinski definition) is 2. The summed E-state index contributed by atoms with van der Waals surface area (Å²) in [5.74, 6) is -1.39. The van der Waals surface area contributed by atoms with Gasteiger partial charge in [-0.2, -0.15) is 0 Å². The molecule has 0 saturated carbocycles. The number of rotatable bonds is 4. The van der Waals surface area contributed by atoms with Gasteiger partial charge < -0.3 is 5.11 Å². The van der Waals surface area contributed by atoms with Crippen molar-refractivity contribution >= 4 is 41.0 Å². The summed E-state index contributed by atoms with van der Waals surface area (Å²) >= 11 is 11.9. The van der Waals surface area contributed by atoms with Crippen LogP contribution in [-0.2, 0) is 9.59 Å². The average Bonchev–Trinajstić information content (AvgIpc) is 2.21. The fraction of sp³-hybridized carbons (Fsp3) is 0.167. The van der Waals surface area contributed by atoms with Crippen LogP contribution in [0.25, 0.3) is 6.08 Å². The molecule has 0 aliphatic rings. The van der Waals surface area contributed by atoms with Crippen LogP contribution in [-0.4, -0.2) is 16.9 Å². The van der Waals surface area contributed by atoms with Gasteiger partial charge in [-0.1, -0.05) is 29.3 Å². The largest absolute Gasteiger partial charge is 0.481 e. The van der Waals surface area contributed by atoms with E-state index in [4.69, 9.17) is 28.3 Å². The molecule has 0 spiro atoms. The van der Waals surface area contributed by atoms with E-state index in [1.165, 1.54) is 13.0 Å². The first kappa shape index (κ1) is 13.7. The first-order valence-corrected chi connectivity index (χ1v) is 5.54. The molecule has 5 heteroatoms. The number of hydrogen-bond donors (Lipinski definition) is 1. The van der Waals surface area contributed by atoms with Crippen LogP contribution in [0.2, 0.25) is 10.0 Å². The van der Waals surface area contributed by atoms with Gasteiger partial charge in [0.25, 0.3) is 0 Å². The normalized spacial score (nSPS) is 11.4. The van der Waals surface area contributed by atoms with Crippen molar-refractivity contribution in [1.82, 2.24) is 0 Å². The molecule has 0 bridgehead atoms. The monoisotopic (exact) mass is 272 g/mol. The molecule has 0 heterocycles. The lowest BCUT2D eigenvalue weighted by Gasteiger charge is -2.04. The first-order valence-electron chi connectivity index (χ1n) is 4.79. The van der Waals surface area contributed by atoms with Crippen molar-refractivity contribution < 1.29 is 14.7 Å². The first-order chi connectivity index (χ1) is 7.91. The summed E-state index contributed by atoms with van der Waals surface area (Å²) in [4.78, 5) is 21.9. The summed E-state index contributed by atoms with van der Waals surface area (Å²) in [6.07, 6.45) is 1.07. The molecule has 0 aliphatic carbocycles. The van der Waals surface area contributed by atoms with Gasteiger partial charge >= 0.3 is 5.97 Å². The SMILES string of the molecule is CC(=O)/C(=C/c1c(Cl)cccc1Cl)CC(=O)O. The second kappa shape index (κ2) is 5.84. The van der Waals surface area contributed by atoms with Crippen LogP contribution in [0.5, 0.6) is 0 Å². The summed E-state index contributed by atoms with van der Waals surface area (Å²) < 4.78 is 0. The lowest BCUT2D eigenvalue weighted by molar-refractivity contribution is -0.136. The quantitative estimate of drug-likeness (QED) is 0.855. The highest BCUT2D eigenvalue weighted by Gasteiger charge is 2.11. The summed E-state index contributed by atoms with van der Waals surface area (Å²) in [5.41, 5.74) is 0.620. The summed E-state index contributed by atoms with van der Waals surface area (Å²) in [6.45, 7) is 1.31. The van der Waals surface area contributed by atoms with Crippen molar-refractivity contribution in [2.45, 2.75) is 13.3 Å². The second-order valence-corrected chi connectivity index (χ2v) is 4.25. The highest BCUT2D eigenvalue weighted by atomic mass is 35.5. The number of Topliss-reactive ketones (excluding diaryl/α,β-unsaturated/α-hetero) is 1. The van der Waals surface area contributed by atoms with Gasteiger partial charge in [-0.3, -0.25) is 9.59 Å². The number of benzene rings is 1. The third-order valence-corrected chi connectivity index (χ3v) is 2.77. The second-order valence-electron chi connectivity index (χ2n) is 3.43. The maximum absolute atomic E-state index is 11.3. The Bertz CT molecular complexity index is 472. The number of halogens is 2. The number of aliphatic carboxylic acids is 1. The van der Waals surface area contributed by atoms with Crippen LogP contribution in [0, 0.1) is 0 Å². The predicted octanol–water partition coefficient (Wildman–Crippen LogP) is 3.44. The van der Waals surface area contributed by atoms with Gasteiger partial charge in [-0.05, 0) is 25.1 Å². The molecule has 0 atom stereocenters. The van der Waals surface area contributed by atoms with Crippen LogP contribution < -0.4 is 0 Å². The third kappa shape index (κ3) is 3.88. The van der Waals surface area contributed by atoms with Crippen molar-refractivity contribution in [3.8, 4) is 0 Å². The van der Waals surface area contributed by atoms with E-state index in [2.05, 4.69) is 0 Å². The van der Waals surface area contributed by atoms with Gasteiger partial charge in [0.15, 0.2) is 5.78 Å². The minimum Gasteiger partial charge on any atom is -0.481 e. The zero-order valence-electron chi connectivity index (χ0n) is 9.04. The predicted molar refractivity (Wildman–Crippen MR) is 67.4 cm³/mol. The zero-order chi connectivity index (χ0) is 13.0. The van der Waals surface area contributed by atoms with Gasteiger partial charge in [0.05, 0.1) is 6.42 Å². The van der Waals surface area contributed by atoms with E-state index in [-0.39, 0.29) is 17.8 Å². The van der Waals surface area contributed by atoms with E-state index >= 15 is 0 Å². The highest BCUT2D eigenvalue weighted by molar-refractivity contribution is 6.37. The number of carbonyl (C=O) groups is 2.